The van der Waals surface area contributed by atoms with Crippen LogP contribution in [-0.4, -0.2) is 37.0 Å². The minimum Gasteiger partial charge on any atom is -0.354 e. The van der Waals surface area contributed by atoms with Crippen molar-refractivity contribution in [1.29, 1.82) is 0 Å². The van der Waals surface area contributed by atoms with E-state index < -0.39 is 5.82 Å². The molecule has 1 aromatic carbocycles. The number of nitrogens with one attached hydrogen (secondary N) is 1. The predicted octanol–water partition coefficient (Wildman–Crippen LogP) is 3.79. The largest absolute Gasteiger partial charge is 0.354 e. The summed E-state index contributed by atoms with van der Waals surface area (Å²) in [5, 5.41) is 3.30. The van der Waals surface area contributed by atoms with Crippen molar-refractivity contribution in [3.63, 3.8) is 0 Å². The highest BCUT2D eigenvalue weighted by atomic mass is 35.5. The third kappa shape index (κ3) is 4.67. The Hall–Kier alpha value is -1.13. The molecule has 5 heteroatoms. The van der Waals surface area contributed by atoms with Crippen LogP contribution in [0, 0.1) is 5.82 Å². The standard InChI is InChI=1S/C18H26ClFN2O/c1-22(2)18(10-5-3-4-6-11-18)13-21-17(23)12-14-15(19)8-7-9-16(14)20/h7-9H,3-6,10-13H2,1-2H3,(H,21,23). The summed E-state index contributed by atoms with van der Waals surface area (Å²) in [4.78, 5) is 14.5. The SMILES string of the molecule is CN(C)C1(CNC(=O)Cc2c(F)cccc2Cl)CCCCCC1. The van der Waals surface area contributed by atoms with Gasteiger partial charge in [0.1, 0.15) is 5.82 Å². The molecule has 1 saturated carbocycles. The highest BCUT2D eigenvalue weighted by Gasteiger charge is 2.33. The zero-order chi connectivity index (χ0) is 16.9. The number of likely N-dealkylation sites (N-methyl/N-ethyl adjacent to an activating group) is 1. The Morgan fingerprint density at radius 1 is 1.26 bits per heavy atom. The number of hydrogen-bond acceptors (Lipinski definition) is 2. The highest BCUT2D eigenvalue weighted by molar-refractivity contribution is 6.31. The number of carbonyl (C=O) groups is 1. The van der Waals surface area contributed by atoms with Gasteiger partial charge in [-0.2, -0.15) is 0 Å². The fourth-order valence-electron chi connectivity index (χ4n) is 3.36. The summed E-state index contributed by atoms with van der Waals surface area (Å²) in [6, 6.07) is 4.49. The fraction of sp³-hybridized carbons (Fsp3) is 0.611. The maximum Gasteiger partial charge on any atom is 0.224 e. The highest BCUT2D eigenvalue weighted by Crippen LogP contribution is 2.30. The zero-order valence-corrected chi connectivity index (χ0v) is 14.8. The second-order valence-corrected chi connectivity index (χ2v) is 7.09. The summed E-state index contributed by atoms with van der Waals surface area (Å²) in [5.41, 5.74) is 0.275. The van der Waals surface area contributed by atoms with E-state index in [1.807, 2.05) is 0 Å². The van der Waals surface area contributed by atoms with Gasteiger partial charge in [0.25, 0.3) is 0 Å². The lowest BCUT2D eigenvalue weighted by Gasteiger charge is -2.39. The Morgan fingerprint density at radius 3 is 2.48 bits per heavy atom. The quantitative estimate of drug-likeness (QED) is 0.827. The molecule has 1 aliphatic carbocycles. The van der Waals surface area contributed by atoms with Gasteiger partial charge < -0.3 is 10.2 Å². The molecule has 0 bridgehead atoms. The van der Waals surface area contributed by atoms with E-state index in [0.717, 1.165) is 12.8 Å². The first-order valence-corrected chi connectivity index (χ1v) is 8.69. The van der Waals surface area contributed by atoms with Crippen LogP contribution in [0.15, 0.2) is 18.2 Å². The molecule has 0 aromatic heterocycles. The summed E-state index contributed by atoms with van der Waals surface area (Å²) in [7, 11) is 4.15. The van der Waals surface area contributed by atoms with Crippen LogP contribution in [0.5, 0.6) is 0 Å². The van der Waals surface area contributed by atoms with Crippen LogP contribution < -0.4 is 5.32 Å². The molecule has 1 aromatic rings. The lowest BCUT2D eigenvalue weighted by Crippen LogP contribution is -2.52. The smallest absolute Gasteiger partial charge is 0.224 e. The average molecular weight is 341 g/mol. The minimum absolute atomic E-state index is 0.00515. The first-order chi connectivity index (χ1) is 10.9. The Bertz CT molecular complexity index is 520. The zero-order valence-electron chi connectivity index (χ0n) is 14.0. The average Bonchev–Trinajstić information content (AvgIpc) is 2.76. The summed E-state index contributed by atoms with van der Waals surface area (Å²) in [6.07, 6.45) is 7.04. The number of amides is 1. The van der Waals surface area contributed by atoms with E-state index >= 15 is 0 Å². The Labute approximate surface area is 143 Å². The molecule has 0 unspecified atom stereocenters. The molecule has 3 nitrogen and oxygen atoms in total. The van der Waals surface area contributed by atoms with Crippen LogP contribution in [0.3, 0.4) is 0 Å². The van der Waals surface area contributed by atoms with Crippen molar-refractivity contribution in [2.24, 2.45) is 0 Å². The monoisotopic (exact) mass is 340 g/mol. The van der Waals surface area contributed by atoms with E-state index in [-0.39, 0.29) is 23.4 Å². The Morgan fingerprint density at radius 2 is 1.91 bits per heavy atom. The molecule has 0 heterocycles. The van der Waals surface area contributed by atoms with Gasteiger partial charge in [0, 0.05) is 22.7 Å². The van der Waals surface area contributed by atoms with E-state index in [1.165, 1.54) is 31.7 Å². The van der Waals surface area contributed by atoms with E-state index in [9.17, 15) is 9.18 Å². The molecular formula is C18H26ClFN2O. The molecule has 2 rings (SSSR count). The van der Waals surface area contributed by atoms with Crippen molar-refractivity contribution in [1.82, 2.24) is 10.2 Å². The van der Waals surface area contributed by atoms with Gasteiger partial charge in [-0.15, -0.1) is 0 Å². The molecule has 1 N–H and O–H groups in total. The van der Waals surface area contributed by atoms with Crippen LogP contribution in [0.2, 0.25) is 5.02 Å². The normalized spacial score (nSPS) is 17.8. The summed E-state index contributed by atoms with van der Waals surface area (Å²) in [6.45, 7) is 0.602. The van der Waals surface area contributed by atoms with E-state index in [1.54, 1.807) is 12.1 Å². The summed E-state index contributed by atoms with van der Waals surface area (Å²) >= 11 is 5.99. The predicted molar refractivity (Wildman–Crippen MR) is 92.2 cm³/mol. The van der Waals surface area contributed by atoms with Gasteiger partial charge >= 0.3 is 0 Å². The van der Waals surface area contributed by atoms with Crippen molar-refractivity contribution in [2.45, 2.75) is 50.5 Å². The van der Waals surface area contributed by atoms with Crippen molar-refractivity contribution < 1.29 is 9.18 Å². The second kappa shape index (κ2) is 8.11. The molecule has 0 radical (unpaired) electrons. The summed E-state index contributed by atoms with van der Waals surface area (Å²) < 4.78 is 13.8. The molecule has 0 atom stereocenters. The van der Waals surface area contributed by atoms with Gasteiger partial charge in [0.15, 0.2) is 0 Å². The van der Waals surface area contributed by atoms with Gasteiger partial charge in [0.2, 0.25) is 5.91 Å². The molecular weight excluding hydrogens is 315 g/mol. The molecule has 0 spiro atoms. The van der Waals surface area contributed by atoms with Crippen LogP contribution in [0.1, 0.15) is 44.1 Å². The molecule has 128 valence electrons. The van der Waals surface area contributed by atoms with E-state index in [4.69, 9.17) is 11.6 Å². The lowest BCUT2D eigenvalue weighted by molar-refractivity contribution is -0.121. The third-order valence-corrected chi connectivity index (χ3v) is 5.35. The first kappa shape index (κ1) is 18.2. The van der Waals surface area contributed by atoms with Crippen LogP contribution in [0.25, 0.3) is 0 Å². The molecule has 0 saturated heterocycles. The molecule has 23 heavy (non-hydrogen) atoms. The number of rotatable bonds is 5. The lowest BCUT2D eigenvalue weighted by atomic mass is 9.88. The van der Waals surface area contributed by atoms with Crippen LogP contribution >= 0.6 is 11.6 Å². The topological polar surface area (TPSA) is 32.3 Å². The molecule has 0 aliphatic heterocycles. The van der Waals surface area contributed by atoms with Crippen LogP contribution in [-0.2, 0) is 11.2 Å². The maximum absolute atomic E-state index is 13.8. The Balaban J connectivity index is 1.99. The summed E-state index contributed by atoms with van der Waals surface area (Å²) in [5.74, 6) is -0.605. The number of hydrogen-bond donors (Lipinski definition) is 1. The van der Waals surface area contributed by atoms with Gasteiger partial charge in [-0.1, -0.05) is 43.4 Å². The molecule has 1 aliphatic rings. The second-order valence-electron chi connectivity index (χ2n) is 6.69. The number of benzene rings is 1. The van der Waals surface area contributed by atoms with Crippen molar-refractivity contribution in [2.75, 3.05) is 20.6 Å². The van der Waals surface area contributed by atoms with Gasteiger partial charge in [-0.3, -0.25) is 4.79 Å². The van der Waals surface area contributed by atoms with Gasteiger partial charge in [-0.25, -0.2) is 4.39 Å². The fourth-order valence-corrected chi connectivity index (χ4v) is 3.59. The van der Waals surface area contributed by atoms with E-state index in [2.05, 4.69) is 24.3 Å². The number of carbonyl (C=O) groups excluding carboxylic acids is 1. The van der Waals surface area contributed by atoms with Crippen molar-refractivity contribution in [3.05, 3.63) is 34.6 Å². The Kier molecular flexibility index (Phi) is 6.42. The van der Waals surface area contributed by atoms with Gasteiger partial charge in [-0.05, 0) is 39.1 Å². The third-order valence-electron chi connectivity index (χ3n) is 5.00. The number of nitrogens with zero attached hydrogens (tertiary/aromatic N) is 1. The maximum atomic E-state index is 13.8. The van der Waals surface area contributed by atoms with Gasteiger partial charge in [0.05, 0.1) is 6.42 Å². The van der Waals surface area contributed by atoms with E-state index in [0.29, 0.717) is 11.6 Å². The van der Waals surface area contributed by atoms with Crippen LogP contribution in [0.4, 0.5) is 4.39 Å². The van der Waals surface area contributed by atoms with Crippen molar-refractivity contribution >= 4 is 17.5 Å². The first-order valence-electron chi connectivity index (χ1n) is 8.32. The number of halogens is 2. The molecule has 1 fully saturated rings. The molecule has 1 amide bonds. The van der Waals surface area contributed by atoms with Crippen molar-refractivity contribution in [3.8, 4) is 0 Å². The minimum atomic E-state index is -0.426.